The lowest BCUT2D eigenvalue weighted by atomic mass is 10.1. The summed E-state index contributed by atoms with van der Waals surface area (Å²) < 4.78 is 1.69. The molecule has 126 valence electrons. The van der Waals surface area contributed by atoms with Gasteiger partial charge in [0.2, 0.25) is 5.91 Å². The van der Waals surface area contributed by atoms with Gasteiger partial charge in [-0.25, -0.2) is 9.50 Å². The number of rotatable bonds is 6. The van der Waals surface area contributed by atoms with Gasteiger partial charge in [0.25, 0.3) is 5.56 Å². The first-order chi connectivity index (χ1) is 10.8. The molecule has 2 aromatic heterocycles. The number of nitrogens with one attached hydrogen (secondary N) is 1. The van der Waals surface area contributed by atoms with Crippen LogP contribution in [0.3, 0.4) is 0 Å². The second kappa shape index (κ2) is 6.98. The van der Waals surface area contributed by atoms with Gasteiger partial charge in [-0.2, -0.15) is 0 Å². The molecule has 0 unspecified atom stereocenters. The van der Waals surface area contributed by atoms with Gasteiger partial charge in [0.05, 0.1) is 0 Å². The van der Waals surface area contributed by atoms with Crippen molar-refractivity contribution >= 4 is 11.6 Å². The molecule has 0 spiro atoms. The van der Waals surface area contributed by atoms with Crippen molar-refractivity contribution in [1.29, 1.82) is 0 Å². The van der Waals surface area contributed by atoms with Crippen molar-refractivity contribution in [2.24, 2.45) is 5.92 Å². The maximum absolute atomic E-state index is 12.3. The zero-order valence-electron chi connectivity index (χ0n) is 14.6. The predicted octanol–water partition coefficient (Wildman–Crippen LogP) is 2.08. The maximum atomic E-state index is 12.3. The number of aromatic nitrogens is 3. The van der Waals surface area contributed by atoms with Crippen molar-refractivity contribution < 1.29 is 4.79 Å². The van der Waals surface area contributed by atoms with E-state index in [9.17, 15) is 9.59 Å². The van der Waals surface area contributed by atoms with Gasteiger partial charge in [0, 0.05) is 37.5 Å². The molecule has 1 amide bonds. The van der Waals surface area contributed by atoms with Crippen LogP contribution in [0.1, 0.15) is 43.6 Å². The second-order valence-corrected chi connectivity index (χ2v) is 6.57. The van der Waals surface area contributed by atoms with Gasteiger partial charge in [-0.15, -0.1) is 0 Å². The number of hydrogen-bond acceptors (Lipinski definition) is 3. The SMILES string of the molecule is Cc1nc2cc(=O)[nH]n2c(C)c1CCC(=O)N(C)CCC(C)C. The van der Waals surface area contributed by atoms with Crippen molar-refractivity contribution in [2.75, 3.05) is 13.6 Å². The third-order valence-electron chi connectivity index (χ3n) is 4.26. The lowest BCUT2D eigenvalue weighted by molar-refractivity contribution is -0.130. The molecular formula is C17H26N4O2. The van der Waals surface area contributed by atoms with Crippen molar-refractivity contribution in [1.82, 2.24) is 19.5 Å². The largest absolute Gasteiger partial charge is 0.346 e. The minimum atomic E-state index is -0.165. The number of carbonyl (C=O) groups excluding carboxylic acids is 1. The van der Waals surface area contributed by atoms with E-state index in [1.807, 2.05) is 20.9 Å². The number of hydrogen-bond donors (Lipinski definition) is 1. The van der Waals surface area contributed by atoms with Gasteiger partial charge in [0.1, 0.15) is 0 Å². The Labute approximate surface area is 136 Å². The molecule has 6 nitrogen and oxygen atoms in total. The van der Waals surface area contributed by atoms with Crippen LogP contribution in [0.2, 0.25) is 0 Å². The summed E-state index contributed by atoms with van der Waals surface area (Å²) in [5.74, 6) is 0.734. The Balaban J connectivity index is 2.10. The summed E-state index contributed by atoms with van der Waals surface area (Å²) in [6, 6.07) is 1.48. The molecule has 0 saturated heterocycles. The number of amides is 1. The number of carbonyl (C=O) groups is 1. The molecule has 2 heterocycles. The molecule has 0 radical (unpaired) electrons. The van der Waals surface area contributed by atoms with Crippen molar-refractivity contribution in [3.8, 4) is 0 Å². The van der Waals surface area contributed by atoms with E-state index in [4.69, 9.17) is 0 Å². The average Bonchev–Trinajstić information content (AvgIpc) is 2.84. The van der Waals surface area contributed by atoms with Crippen LogP contribution in [-0.2, 0) is 11.2 Å². The number of fused-ring (bicyclic) bond motifs is 1. The number of aryl methyl sites for hydroxylation is 2. The summed E-state index contributed by atoms with van der Waals surface area (Å²) in [4.78, 5) is 30.0. The van der Waals surface area contributed by atoms with Crippen LogP contribution < -0.4 is 5.56 Å². The van der Waals surface area contributed by atoms with E-state index in [1.165, 1.54) is 6.07 Å². The van der Waals surface area contributed by atoms with Crippen LogP contribution in [0.4, 0.5) is 0 Å². The van der Waals surface area contributed by atoms with Gasteiger partial charge in [0.15, 0.2) is 5.65 Å². The van der Waals surface area contributed by atoms with Gasteiger partial charge < -0.3 is 4.90 Å². The van der Waals surface area contributed by atoms with E-state index in [0.717, 1.165) is 29.9 Å². The van der Waals surface area contributed by atoms with Gasteiger partial charge in [-0.3, -0.25) is 14.7 Å². The Hall–Kier alpha value is -2.11. The monoisotopic (exact) mass is 318 g/mol. The van der Waals surface area contributed by atoms with Crippen LogP contribution in [-0.4, -0.2) is 39.0 Å². The van der Waals surface area contributed by atoms with Crippen LogP contribution in [0.15, 0.2) is 10.9 Å². The van der Waals surface area contributed by atoms with Crippen LogP contribution >= 0.6 is 0 Å². The standard InChI is InChI=1S/C17H26N4O2/c1-11(2)8-9-20(5)17(23)7-6-14-12(3)18-15-10-16(22)19-21(15)13(14)4/h10-11H,6-9H2,1-5H3,(H,19,22). The summed E-state index contributed by atoms with van der Waals surface area (Å²) in [5, 5.41) is 2.74. The zero-order valence-corrected chi connectivity index (χ0v) is 14.6. The fourth-order valence-corrected chi connectivity index (χ4v) is 2.72. The smallest absolute Gasteiger partial charge is 0.266 e. The van der Waals surface area contributed by atoms with Crippen molar-refractivity contribution in [3.63, 3.8) is 0 Å². The quantitative estimate of drug-likeness (QED) is 0.886. The first kappa shape index (κ1) is 17.2. The lowest BCUT2D eigenvalue weighted by Crippen LogP contribution is -2.28. The number of H-pyrrole nitrogens is 1. The van der Waals surface area contributed by atoms with Gasteiger partial charge >= 0.3 is 0 Å². The molecule has 0 bridgehead atoms. The highest BCUT2D eigenvalue weighted by molar-refractivity contribution is 5.76. The molecule has 0 saturated carbocycles. The van der Waals surface area contributed by atoms with E-state index in [2.05, 4.69) is 23.9 Å². The Kier molecular flexibility index (Phi) is 5.23. The second-order valence-electron chi connectivity index (χ2n) is 6.57. The topological polar surface area (TPSA) is 70.5 Å². The fraction of sp³-hybridized carbons (Fsp3) is 0.588. The molecule has 1 N–H and O–H groups in total. The summed E-state index contributed by atoms with van der Waals surface area (Å²) in [7, 11) is 1.86. The Morgan fingerprint density at radius 3 is 2.74 bits per heavy atom. The minimum absolute atomic E-state index is 0.144. The van der Waals surface area contributed by atoms with Crippen molar-refractivity contribution in [2.45, 2.75) is 47.0 Å². The lowest BCUT2D eigenvalue weighted by Gasteiger charge is -2.19. The molecule has 6 heteroatoms. The van der Waals surface area contributed by atoms with Crippen LogP contribution in [0.25, 0.3) is 5.65 Å². The first-order valence-electron chi connectivity index (χ1n) is 8.11. The zero-order chi connectivity index (χ0) is 17.1. The minimum Gasteiger partial charge on any atom is -0.346 e. The first-order valence-corrected chi connectivity index (χ1v) is 8.11. The fourth-order valence-electron chi connectivity index (χ4n) is 2.72. The Morgan fingerprint density at radius 2 is 2.09 bits per heavy atom. The van der Waals surface area contributed by atoms with Crippen LogP contribution in [0, 0.1) is 19.8 Å². The van der Waals surface area contributed by atoms with E-state index in [-0.39, 0.29) is 11.5 Å². The highest BCUT2D eigenvalue weighted by Crippen LogP contribution is 2.15. The van der Waals surface area contributed by atoms with Crippen molar-refractivity contribution in [3.05, 3.63) is 33.4 Å². The van der Waals surface area contributed by atoms with Gasteiger partial charge in [-0.1, -0.05) is 13.8 Å². The summed E-state index contributed by atoms with van der Waals surface area (Å²) >= 11 is 0. The number of aromatic amines is 1. The highest BCUT2D eigenvalue weighted by Gasteiger charge is 2.14. The normalized spacial score (nSPS) is 11.4. The molecule has 0 aromatic carbocycles. The summed E-state index contributed by atoms with van der Waals surface area (Å²) in [6.45, 7) is 8.97. The molecule has 0 fully saturated rings. The molecule has 2 aromatic rings. The Morgan fingerprint density at radius 1 is 1.39 bits per heavy atom. The predicted molar refractivity (Wildman–Crippen MR) is 90.7 cm³/mol. The number of nitrogens with zero attached hydrogens (tertiary/aromatic N) is 3. The molecule has 0 aliphatic rings. The van der Waals surface area contributed by atoms with E-state index in [1.54, 1.807) is 9.42 Å². The van der Waals surface area contributed by atoms with E-state index in [0.29, 0.717) is 24.4 Å². The third-order valence-corrected chi connectivity index (χ3v) is 4.26. The van der Waals surface area contributed by atoms with E-state index < -0.39 is 0 Å². The Bertz CT molecular complexity index is 758. The summed E-state index contributed by atoms with van der Waals surface area (Å²) in [5.41, 5.74) is 3.29. The van der Waals surface area contributed by atoms with Crippen LogP contribution in [0.5, 0.6) is 0 Å². The highest BCUT2D eigenvalue weighted by atomic mass is 16.2. The summed E-state index contributed by atoms with van der Waals surface area (Å²) in [6.07, 6.45) is 2.10. The molecule has 0 atom stereocenters. The molecule has 23 heavy (non-hydrogen) atoms. The average molecular weight is 318 g/mol. The molecule has 2 rings (SSSR count). The maximum Gasteiger partial charge on any atom is 0.266 e. The molecule has 0 aliphatic carbocycles. The van der Waals surface area contributed by atoms with E-state index >= 15 is 0 Å². The van der Waals surface area contributed by atoms with Gasteiger partial charge in [-0.05, 0) is 38.2 Å². The third kappa shape index (κ3) is 4.00. The molecule has 0 aliphatic heterocycles. The molecular weight excluding hydrogens is 292 g/mol.